The molecular weight excluding hydrogens is 488 g/mol. The monoisotopic (exact) mass is 534 g/mol. The molecule has 7 N–H and O–H groups in total. The SMILES string of the molecule is CC/C=C\C/C=C\C/C=C\C/C=C\C/C=C\CCCC(=O)N[C@H](CS)C(=O)O.CN(C)C(=N)N=C(N)N. The second-order valence-corrected chi connectivity index (χ2v) is 8.36. The van der Waals surface area contributed by atoms with Crippen LogP contribution in [0.25, 0.3) is 0 Å². The minimum Gasteiger partial charge on any atom is -0.480 e. The third kappa shape index (κ3) is 27.2. The number of carboxylic acid groups (broad SMARTS) is 1. The van der Waals surface area contributed by atoms with Crippen molar-refractivity contribution in [3.63, 3.8) is 0 Å². The van der Waals surface area contributed by atoms with E-state index in [4.69, 9.17) is 22.0 Å². The van der Waals surface area contributed by atoms with Gasteiger partial charge in [0.25, 0.3) is 0 Å². The zero-order valence-corrected chi connectivity index (χ0v) is 23.4. The van der Waals surface area contributed by atoms with Crippen LogP contribution in [0.5, 0.6) is 0 Å². The molecule has 10 heteroatoms. The standard InChI is InChI=1S/C23H35NO3S.C4H11N5/c1-2-3-4-5-6-7-8-9-10-11-12-13-14-15-16-17-18-19-22(25)24-21(20-28)23(26)27;1-9(2)4(7)8-3(5)6/h3-4,6-7,9-10,12-13,15-16,21,28H,2,5,8,11,14,17-20H2,1H3,(H,24,25)(H,26,27);1-2H3,(H5,5,6,7,8)/b4-3-,7-6-,10-9-,13-12-,16-15-;/t21-;/m1./s1. The van der Waals surface area contributed by atoms with E-state index in [0.717, 1.165) is 38.5 Å². The van der Waals surface area contributed by atoms with E-state index < -0.39 is 12.0 Å². The third-order valence-corrected chi connectivity index (χ3v) is 4.77. The van der Waals surface area contributed by atoms with Crippen LogP contribution in [-0.4, -0.2) is 59.7 Å². The van der Waals surface area contributed by atoms with Gasteiger partial charge < -0.3 is 26.8 Å². The molecule has 0 aromatic rings. The number of nitrogens with two attached hydrogens (primary N) is 2. The number of amides is 1. The van der Waals surface area contributed by atoms with Crippen LogP contribution >= 0.6 is 12.6 Å². The van der Waals surface area contributed by atoms with Crippen molar-refractivity contribution in [3.05, 3.63) is 60.8 Å². The highest BCUT2D eigenvalue weighted by Crippen LogP contribution is 2.00. The van der Waals surface area contributed by atoms with Gasteiger partial charge in [0.2, 0.25) is 11.9 Å². The Kier molecular flexibility index (Phi) is 25.0. The van der Waals surface area contributed by atoms with Crippen LogP contribution in [0.3, 0.4) is 0 Å². The van der Waals surface area contributed by atoms with Crippen LogP contribution in [0, 0.1) is 5.41 Å². The maximum atomic E-state index is 11.6. The van der Waals surface area contributed by atoms with Crippen LogP contribution in [-0.2, 0) is 9.59 Å². The quantitative estimate of drug-likeness (QED) is 0.0573. The summed E-state index contributed by atoms with van der Waals surface area (Å²) in [4.78, 5) is 27.4. The molecule has 9 nitrogen and oxygen atoms in total. The van der Waals surface area contributed by atoms with E-state index in [0.29, 0.717) is 12.8 Å². The first kappa shape index (κ1) is 35.9. The molecule has 0 saturated carbocycles. The Morgan fingerprint density at radius 1 is 0.946 bits per heavy atom. The molecule has 0 spiro atoms. The maximum absolute atomic E-state index is 11.6. The largest absolute Gasteiger partial charge is 0.480 e. The predicted molar refractivity (Wildman–Crippen MR) is 159 cm³/mol. The molecule has 1 amide bonds. The normalized spacial score (nSPS) is 12.2. The molecule has 0 aliphatic carbocycles. The second kappa shape index (κ2) is 25.8. The van der Waals surface area contributed by atoms with Gasteiger partial charge in [-0.05, 0) is 44.9 Å². The smallest absolute Gasteiger partial charge is 0.327 e. The number of aliphatic imine (C=N–C) groups is 1. The lowest BCUT2D eigenvalue weighted by Gasteiger charge is -2.11. The minimum atomic E-state index is -1.05. The lowest BCUT2D eigenvalue weighted by atomic mass is 10.2. The number of rotatable bonds is 16. The number of allylic oxidation sites excluding steroid dienone is 10. The number of hydrogen-bond donors (Lipinski definition) is 6. The van der Waals surface area contributed by atoms with Gasteiger partial charge in [0.15, 0.2) is 5.96 Å². The molecule has 0 heterocycles. The van der Waals surface area contributed by atoms with Gasteiger partial charge in [0.05, 0.1) is 0 Å². The molecule has 0 aliphatic heterocycles. The molecule has 1 atom stereocenters. The van der Waals surface area contributed by atoms with Crippen molar-refractivity contribution >= 4 is 36.4 Å². The Bertz CT molecular complexity index is 813. The van der Waals surface area contributed by atoms with E-state index in [1.54, 1.807) is 14.1 Å². The molecule has 0 aliphatic rings. The third-order valence-electron chi connectivity index (χ3n) is 4.41. The van der Waals surface area contributed by atoms with Gasteiger partial charge in [-0.25, -0.2) is 4.79 Å². The fraction of sp³-hybridized carbons (Fsp3) is 0.481. The number of nitrogens with one attached hydrogen (secondary N) is 2. The van der Waals surface area contributed by atoms with Crippen LogP contribution in [0.1, 0.15) is 58.3 Å². The summed E-state index contributed by atoms with van der Waals surface area (Å²) in [5.74, 6) is -1.24. The van der Waals surface area contributed by atoms with Gasteiger partial charge >= 0.3 is 5.97 Å². The number of hydrogen-bond acceptors (Lipinski definition) is 4. The van der Waals surface area contributed by atoms with Gasteiger partial charge in [-0.15, -0.1) is 0 Å². The number of carbonyl (C=O) groups excluding carboxylic acids is 1. The van der Waals surface area contributed by atoms with E-state index in [-0.39, 0.29) is 23.6 Å². The molecule has 0 aromatic heterocycles. The molecule has 208 valence electrons. The minimum absolute atomic E-state index is 0.0509. The summed E-state index contributed by atoms with van der Waals surface area (Å²) in [6.45, 7) is 2.14. The topological polar surface area (TPSA) is 158 Å². The average Bonchev–Trinajstić information content (AvgIpc) is 2.84. The highest BCUT2D eigenvalue weighted by atomic mass is 32.1. The highest BCUT2D eigenvalue weighted by molar-refractivity contribution is 7.80. The van der Waals surface area contributed by atoms with Crippen LogP contribution in [0.2, 0.25) is 0 Å². The number of nitrogens with zero attached hydrogens (tertiary/aromatic N) is 2. The zero-order chi connectivity index (χ0) is 28.3. The molecule has 0 bridgehead atoms. The van der Waals surface area contributed by atoms with Crippen molar-refractivity contribution in [1.82, 2.24) is 10.2 Å². The van der Waals surface area contributed by atoms with Gasteiger partial charge in [0.1, 0.15) is 6.04 Å². The first-order chi connectivity index (χ1) is 17.6. The van der Waals surface area contributed by atoms with Crippen molar-refractivity contribution in [1.29, 1.82) is 5.41 Å². The lowest BCUT2D eigenvalue weighted by molar-refractivity contribution is -0.141. The first-order valence-electron chi connectivity index (χ1n) is 12.4. The summed E-state index contributed by atoms with van der Waals surface area (Å²) >= 11 is 3.91. The Labute approximate surface area is 228 Å². The number of unbranched alkanes of at least 4 members (excludes halogenated alkanes) is 1. The van der Waals surface area contributed by atoms with Crippen molar-refractivity contribution in [2.45, 2.75) is 64.3 Å². The van der Waals surface area contributed by atoms with Crippen LogP contribution in [0.4, 0.5) is 0 Å². The fourth-order valence-corrected chi connectivity index (χ4v) is 2.67. The summed E-state index contributed by atoms with van der Waals surface area (Å²) in [6, 6.07) is -0.912. The predicted octanol–water partition coefficient (Wildman–Crippen LogP) is 4.16. The Morgan fingerprint density at radius 3 is 1.76 bits per heavy atom. The highest BCUT2D eigenvalue weighted by Gasteiger charge is 2.17. The van der Waals surface area contributed by atoms with E-state index in [9.17, 15) is 9.59 Å². The molecule has 0 aromatic carbocycles. The lowest BCUT2D eigenvalue weighted by Crippen LogP contribution is -2.41. The van der Waals surface area contributed by atoms with E-state index in [1.165, 1.54) is 4.90 Å². The van der Waals surface area contributed by atoms with Gasteiger partial charge in [-0.1, -0.05) is 67.7 Å². The molecule has 0 saturated heterocycles. The fourth-order valence-electron chi connectivity index (χ4n) is 2.42. The summed E-state index contributed by atoms with van der Waals surface area (Å²) in [5, 5.41) is 18.4. The van der Waals surface area contributed by atoms with Gasteiger partial charge in [-0.3, -0.25) is 10.2 Å². The van der Waals surface area contributed by atoms with Gasteiger partial charge in [0, 0.05) is 26.3 Å². The van der Waals surface area contributed by atoms with E-state index in [2.05, 4.69) is 90.6 Å². The summed E-state index contributed by atoms with van der Waals surface area (Å²) in [7, 11) is 3.38. The maximum Gasteiger partial charge on any atom is 0.327 e. The Balaban J connectivity index is 0. The summed E-state index contributed by atoms with van der Waals surface area (Å²) in [5.41, 5.74) is 9.98. The molecule has 37 heavy (non-hydrogen) atoms. The van der Waals surface area contributed by atoms with Crippen molar-refractivity contribution in [2.75, 3.05) is 19.8 Å². The number of carboxylic acids is 1. The number of thiol groups is 1. The van der Waals surface area contributed by atoms with Gasteiger partial charge in [-0.2, -0.15) is 17.6 Å². The van der Waals surface area contributed by atoms with Crippen molar-refractivity contribution in [2.24, 2.45) is 16.5 Å². The second-order valence-electron chi connectivity index (χ2n) is 8.00. The molecule has 0 unspecified atom stereocenters. The van der Waals surface area contributed by atoms with Crippen LogP contribution in [0.15, 0.2) is 65.8 Å². The Hall–Kier alpha value is -3.27. The number of aliphatic carboxylic acids is 1. The van der Waals surface area contributed by atoms with E-state index >= 15 is 0 Å². The number of guanidine groups is 2. The molecular formula is C27H46N6O3S. The Morgan fingerprint density at radius 2 is 1.41 bits per heavy atom. The average molecular weight is 535 g/mol. The zero-order valence-electron chi connectivity index (χ0n) is 22.5. The van der Waals surface area contributed by atoms with E-state index in [1.807, 2.05) is 0 Å². The summed E-state index contributed by atoms with van der Waals surface area (Å²) in [6.07, 6.45) is 28.2. The first-order valence-corrected chi connectivity index (χ1v) is 13.0. The van der Waals surface area contributed by atoms with Crippen molar-refractivity contribution in [3.8, 4) is 0 Å². The molecule has 0 rings (SSSR count). The number of carbonyl (C=O) groups is 2. The van der Waals surface area contributed by atoms with Crippen molar-refractivity contribution < 1.29 is 14.7 Å². The molecule has 0 radical (unpaired) electrons. The van der Waals surface area contributed by atoms with Crippen LogP contribution < -0.4 is 16.8 Å². The molecule has 0 fully saturated rings. The summed E-state index contributed by atoms with van der Waals surface area (Å²) < 4.78 is 0.